The predicted molar refractivity (Wildman–Crippen MR) is 363 cm³/mol. The molecule has 0 bridgehead atoms. The zero-order chi connectivity index (χ0) is 65.7. The number of carbonyl (C=O) groups excluding carboxylic acids is 2. The van der Waals surface area contributed by atoms with Gasteiger partial charge in [-0.3, -0.25) is 14.6 Å². The number of carbonyl (C=O) groups is 5. The molecule has 2 aliphatic rings. The van der Waals surface area contributed by atoms with Crippen LogP contribution in [-0.4, -0.2) is 171 Å². The number of amides is 2. The highest BCUT2D eigenvalue weighted by Crippen LogP contribution is 2.46. The van der Waals surface area contributed by atoms with Crippen molar-refractivity contribution in [2.24, 2.45) is 0 Å². The van der Waals surface area contributed by atoms with Crippen molar-refractivity contribution in [3.63, 3.8) is 0 Å². The van der Waals surface area contributed by atoms with E-state index in [9.17, 15) is 29.1 Å². The van der Waals surface area contributed by atoms with Gasteiger partial charge in [0.05, 0.1) is 52.7 Å². The highest BCUT2D eigenvalue weighted by molar-refractivity contribution is 5.83. The number of ether oxygens (including phenoxy) is 5. The molecular weight excluding hydrogens is 1180 g/mol. The Bertz CT molecular complexity index is 3300. The van der Waals surface area contributed by atoms with E-state index in [-0.39, 0.29) is 60.5 Å². The molecule has 9 rings (SSSR count). The number of carboxylic acids is 3. The second-order valence-electron chi connectivity index (χ2n) is 22.1. The number of benzene rings is 7. The van der Waals surface area contributed by atoms with E-state index in [0.717, 1.165) is 83.1 Å². The third-order valence-electron chi connectivity index (χ3n) is 16.3. The predicted octanol–water partition coefficient (Wildman–Crippen LogP) is 10.9. The molecule has 0 spiro atoms. The first kappa shape index (κ1) is 78.1. The number of nitrogens with one attached hydrogen (secondary N) is 2. The molecule has 2 aliphatic carbocycles. The molecule has 0 aliphatic heterocycles. The normalized spacial score (nSPS) is 12.6. The Morgan fingerprint density at radius 3 is 1.10 bits per heavy atom. The van der Waals surface area contributed by atoms with Gasteiger partial charge in [-0.1, -0.05) is 174 Å². The number of likely N-dealkylation sites (N-methyl/N-ethyl adjacent to an activating group) is 3. The summed E-state index contributed by atoms with van der Waals surface area (Å²) in [5.74, 6) is -2.47. The van der Waals surface area contributed by atoms with Crippen molar-refractivity contribution in [2.75, 3.05) is 74.9 Å². The fourth-order valence-corrected chi connectivity index (χ4v) is 11.4. The SMILES string of the molecule is C.C.C.CC[NH+](C(C)C)C(C)C.CN(C(=O)OCC1c2ccccc2-c2ccccc21)[C@@H](CO)C(=O)O.CN[C@@H](CO)C(=O)O.COc1ccc(C(OC[C@@H](C(=O)O)N(C)C(=O)OCC2c3ccccc3-c3ccccc32)(c2ccccc2)c2ccc(OC)cc2)cc1. The van der Waals surface area contributed by atoms with Crippen LogP contribution in [0.4, 0.5) is 9.59 Å². The van der Waals surface area contributed by atoms with E-state index in [2.05, 4.69) is 52.1 Å². The van der Waals surface area contributed by atoms with Crippen molar-refractivity contribution in [3.05, 3.63) is 215 Å². The molecule has 19 nitrogen and oxygen atoms in total. The Hall–Kier alpha value is -9.11. The largest absolute Gasteiger partial charge is 0.497 e. The van der Waals surface area contributed by atoms with Gasteiger partial charge in [-0.25, -0.2) is 19.2 Å². The number of rotatable bonds is 23. The van der Waals surface area contributed by atoms with Gasteiger partial charge in [0.1, 0.15) is 36.4 Å². The van der Waals surface area contributed by atoms with Crippen LogP contribution in [0.15, 0.2) is 176 Å². The number of fused-ring (bicyclic) bond motifs is 6. The minimum atomic E-state index is -1.36. The zero-order valence-corrected chi connectivity index (χ0v) is 52.7. The van der Waals surface area contributed by atoms with Crippen LogP contribution in [-0.2, 0) is 34.2 Å². The molecule has 19 heteroatoms. The van der Waals surface area contributed by atoms with E-state index < -0.39 is 60.4 Å². The highest BCUT2D eigenvalue weighted by atomic mass is 16.6. The van der Waals surface area contributed by atoms with Gasteiger partial charge in [0.25, 0.3) is 0 Å². The van der Waals surface area contributed by atoms with Crippen molar-refractivity contribution in [1.82, 2.24) is 15.1 Å². The van der Waals surface area contributed by atoms with Crippen LogP contribution in [0, 0.1) is 0 Å². The fraction of sp³-hybridized carbons (Fsp3) is 0.365. The van der Waals surface area contributed by atoms with E-state index in [1.165, 1.54) is 27.7 Å². The first-order valence-corrected chi connectivity index (χ1v) is 29.8. The maximum Gasteiger partial charge on any atom is 0.410 e. The second-order valence-corrected chi connectivity index (χ2v) is 22.1. The van der Waals surface area contributed by atoms with E-state index in [1.807, 2.05) is 164 Å². The lowest BCUT2D eigenvalue weighted by Crippen LogP contribution is -3.17. The molecule has 0 heterocycles. The molecule has 3 atom stereocenters. The molecule has 93 heavy (non-hydrogen) atoms. The Kier molecular flexibility index (Phi) is 31.4. The van der Waals surface area contributed by atoms with Crippen molar-refractivity contribution in [1.29, 1.82) is 0 Å². The molecule has 2 amide bonds. The molecule has 0 saturated heterocycles. The molecule has 502 valence electrons. The molecule has 0 aromatic heterocycles. The first-order chi connectivity index (χ1) is 43.2. The van der Waals surface area contributed by atoms with Crippen LogP contribution in [0.25, 0.3) is 22.3 Å². The molecule has 7 N–H and O–H groups in total. The van der Waals surface area contributed by atoms with Crippen molar-refractivity contribution in [2.45, 2.75) is 105 Å². The summed E-state index contributed by atoms with van der Waals surface area (Å²) in [6, 6.07) is 54.5. The fourth-order valence-electron chi connectivity index (χ4n) is 11.4. The van der Waals surface area contributed by atoms with Gasteiger partial charge >= 0.3 is 30.1 Å². The molecule has 7 aromatic rings. The standard InChI is InChI=1S/C40H37NO7.C19H19NO5.C8H19N.C4H9NO3.3CH4/c1-41(39(44)47-25-36-34-15-9-7-13-32(34)33-14-8-10-16-35(33)36)37(38(42)43)26-48-40(27-11-5-4-6-12-27,28-17-21-30(45-2)22-18-28)29-19-23-31(46-3)24-20-29;1-20(17(10-21)18(22)23)19(24)25-11-16-14-8-4-2-6-12(14)13-7-3-5-9-15(13)16;1-6-9(7(2)3)8(4)5;1-5-3(2-6)4(7)8;;;/h4-24,36-37H,25-26H2,1-3H3,(H,42,43);2-9,16-17,21H,10-11H2,1H3,(H,22,23);7-8H,6H2,1-5H3;3,5-6H,2H2,1H3,(H,7,8);3*1H4/p+1/t37-;17-;;3-;;;/m00.0.../s1. The minimum Gasteiger partial charge on any atom is -0.497 e. The van der Waals surface area contributed by atoms with E-state index >= 15 is 0 Å². The quantitative estimate of drug-likeness (QED) is 0.0294. The number of aliphatic carboxylic acids is 3. The number of aliphatic hydroxyl groups excluding tert-OH is 2. The lowest BCUT2D eigenvalue weighted by Gasteiger charge is -2.37. The monoisotopic (exact) mass is 1280 g/mol. The van der Waals surface area contributed by atoms with Crippen molar-refractivity contribution in [3.8, 4) is 33.8 Å². The second kappa shape index (κ2) is 37.4. The van der Waals surface area contributed by atoms with Crippen LogP contribution in [0.3, 0.4) is 0 Å². The smallest absolute Gasteiger partial charge is 0.410 e. The van der Waals surface area contributed by atoms with Crippen LogP contribution in [0.5, 0.6) is 11.5 Å². The Balaban J connectivity index is 0.000000416. The number of carboxylic acid groups (broad SMARTS) is 3. The summed E-state index contributed by atoms with van der Waals surface area (Å²) in [7, 11) is 7.39. The summed E-state index contributed by atoms with van der Waals surface area (Å²) < 4.78 is 28.8. The summed E-state index contributed by atoms with van der Waals surface area (Å²) in [6.45, 7) is 11.4. The molecule has 0 radical (unpaired) electrons. The summed E-state index contributed by atoms with van der Waals surface area (Å²) in [6.07, 6.45) is -1.53. The Morgan fingerprint density at radius 2 is 0.828 bits per heavy atom. The van der Waals surface area contributed by atoms with E-state index in [0.29, 0.717) is 11.5 Å². The summed E-state index contributed by atoms with van der Waals surface area (Å²) in [4.78, 5) is 63.1. The summed E-state index contributed by atoms with van der Waals surface area (Å²) >= 11 is 0. The maximum absolute atomic E-state index is 13.5. The van der Waals surface area contributed by atoms with Crippen LogP contribution >= 0.6 is 0 Å². The third-order valence-corrected chi connectivity index (χ3v) is 16.3. The molecule has 0 fully saturated rings. The molecule has 7 aromatic carbocycles. The third kappa shape index (κ3) is 19.0. The average Bonchev–Trinajstić information content (AvgIpc) is 1.46. The van der Waals surface area contributed by atoms with Gasteiger partial charge in [0.2, 0.25) is 0 Å². The number of hydrogen-bond donors (Lipinski definition) is 7. The average molecular weight is 1280 g/mol. The zero-order valence-electron chi connectivity index (χ0n) is 52.7. The van der Waals surface area contributed by atoms with Crippen molar-refractivity contribution >= 4 is 30.1 Å². The first-order valence-electron chi connectivity index (χ1n) is 29.8. The number of methoxy groups -OCH3 is 2. The molecule has 0 unspecified atom stereocenters. The number of nitrogens with zero attached hydrogens (tertiary/aromatic N) is 2. The number of aliphatic hydroxyl groups is 2. The molecule has 0 saturated carbocycles. The van der Waals surface area contributed by atoms with Gasteiger partial charge in [-0.05, 0) is 127 Å². The maximum atomic E-state index is 13.5. The topological polar surface area (TPSA) is 256 Å². The summed E-state index contributed by atoms with van der Waals surface area (Å²) in [5.41, 5.74) is 9.74. The van der Waals surface area contributed by atoms with E-state index in [4.69, 9.17) is 44.1 Å². The lowest BCUT2D eigenvalue weighted by molar-refractivity contribution is -0.940. The molecular formula is C74H97N4O15+. The lowest BCUT2D eigenvalue weighted by atomic mass is 9.80. The van der Waals surface area contributed by atoms with Crippen molar-refractivity contribution < 1.29 is 78.1 Å². The Morgan fingerprint density at radius 1 is 0.495 bits per heavy atom. The van der Waals surface area contributed by atoms with Gasteiger partial charge in [-0.2, -0.15) is 0 Å². The van der Waals surface area contributed by atoms with Crippen LogP contribution in [0.1, 0.15) is 108 Å². The van der Waals surface area contributed by atoms with Crippen LogP contribution in [0.2, 0.25) is 0 Å². The Labute approximate surface area is 549 Å². The van der Waals surface area contributed by atoms with Gasteiger partial charge in [-0.15, -0.1) is 0 Å². The minimum absolute atomic E-state index is 0. The number of hydrogen-bond acceptors (Lipinski definition) is 13. The van der Waals surface area contributed by atoms with Crippen LogP contribution < -0.4 is 19.7 Å². The highest BCUT2D eigenvalue weighted by Gasteiger charge is 2.41. The number of quaternary nitrogens is 1. The van der Waals surface area contributed by atoms with E-state index in [1.54, 1.807) is 19.1 Å². The van der Waals surface area contributed by atoms with Gasteiger partial charge in [0, 0.05) is 25.9 Å². The van der Waals surface area contributed by atoms with Gasteiger partial charge in [0.15, 0.2) is 12.1 Å². The van der Waals surface area contributed by atoms with Gasteiger partial charge < -0.3 is 59.4 Å². The summed E-state index contributed by atoms with van der Waals surface area (Å²) in [5, 5.41) is 47.4.